The third-order valence-corrected chi connectivity index (χ3v) is 4.94. The Labute approximate surface area is 183 Å². The average molecular weight is 433 g/mol. The molecule has 2 aromatic carbocycles. The first kappa shape index (κ1) is 23.5. The van der Waals surface area contributed by atoms with Crippen molar-refractivity contribution < 1.29 is 19.1 Å². The zero-order valence-electron chi connectivity index (χ0n) is 17.9. The van der Waals surface area contributed by atoms with Crippen LogP contribution in [0.3, 0.4) is 0 Å². The van der Waals surface area contributed by atoms with Crippen molar-refractivity contribution in [1.82, 2.24) is 10.2 Å². The van der Waals surface area contributed by atoms with Gasteiger partial charge in [0.15, 0.2) is 6.61 Å². The van der Waals surface area contributed by atoms with Gasteiger partial charge in [0.2, 0.25) is 5.91 Å². The lowest BCUT2D eigenvalue weighted by molar-refractivity contribution is -0.142. The molecule has 0 bridgehead atoms. The van der Waals surface area contributed by atoms with Crippen LogP contribution in [-0.2, 0) is 16.1 Å². The molecule has 0 radical (unpaired) electrons. The van der Waals surface area contributed by atoms with Gasteiger partial charge in [-0.05, 0) is 48.7 Å². The molecule has 0 aliphatic heterocycles. The lowest BCUT2D eigenvalue weighted by Crippen LogP contribution is -2.49. The summed E-state index contributed by atoms with van der Waals surface area (Å²) in [6, 6.07) is 13.6. The highest BCUT2D eigenvalue weighted by atomic mass is 35.5. The number of nitrogens with zero attached hydrogens (tertiary/aromatic N) is 1. The first-order valence-electron chi connectivity index (χ1n) is 9.89. The maximum Gasteiger partial charge on any atom is 0.261 e. The summed E-state index contributed by atoms with van der Waals surface area (Å²) in [6.45, 7) is 6.29. The normalized spacial score (nSPS) is 11.7. The highest BCUT2D eigenvalue weighted by molar-refractivity contribution is 6.31. The van der Waals surface area contributed by atoms with Crippen LogP contribution in [0, 0.1) is 5.92 Å². The Balaban J connectivity index is 2.12. The molecule has 0 unspecified atom stereocenters. The zero-order chi connectivity index (χ0) is 22.1. The monoisotopic (exact) mass is 432 g/mol. The largest absolute Gasteiger partial charge is 0.497 e. The Hall–Kier alpha value is -2.73. The van der Waals surface area contributed by atoms with Crippen LogP contribution in [0.5, 0.6) is 11.5 Å². The van der Waals surface area contributed by atoms with Gasteiger partial charge >= 0.3 is 0 Å². The van der Waals surface area contributed by atoms with Crippen LogP contribution in [0.25, 0.3) is 0 Å². The fraction of sp³-hybridized carbons (Fsp3) is 0.391. The molecule has 2 amide bonds. The van der Waals surface area contributed by atoms with Gasteiger partial charge in [-0.25, -0.2) is 0 Å². The summed E-state index contributed by atoms with van der Waals surface area (Å²) < 4.78 is 10.8. The maximum atomic E-state index is 13.0. The van der Waals surface area contributed by atoms with E-state index in [0.29, 0.717) is 29.0 Å². The molecule has 30 heavy (non-hydrogen) atoms. The van der Waals surface area contributed by atoms with Crippen LogP contribution < -0.4 is 14.8 Å². The lowest BCUT2D eigenvalue weighted by Gasteiger charge is -2.29. The van der Waals surface area contributed by atoms with Crippen LogP contribution in [0.1, 0.15) is 26.3 Å². The quantitative estimate of drug-likeness (QED) is 0.618. The van der Waals surface area contributed by atoms with E-state index in [1.54, 1.807) is 44.4 Å². The second-order valence-electron chi connectivity index (χ2n) is 7.39. The summed E-state index contributed by atoms with van der Waals surface area (Å²) >= 11 is 6.28. The van der Waals surface area contributed by atoms with Gasteiger partial charge in [-0.15, -0.1) is 0 Å². The number of hydrogen-bond acceptors (Lipinski definition) is 4. The predicted molar refractivity (Wildman–Crippen MR) is 118 cm³/mol. The minimum Gasteiger partial charge on any atom is -0.497 e. The second-order valence-corrected chi connectivity index (χ2v) is 7.80. The molecule has 0 heterocycles. The van der Waals surface area contributed by atoms with E-state index in [2.05, 4.69) is 5.32 Å². The van der Waals surface area contributed by atoms with Crippen molar-refractivity contribution in [3.05, 3.63) is 59.1 Å². The standard InChI is InChI=1S/C23H29ClN2O4/c1-16(2)13-25-23(28)17(3)26(14-18-7-5-6-8-21(18)24)22(27)15-30-20-11-9-19(29-4)10-12-20/h5-12,16-17H,13-15H2,1-4H3,(H,25,28)/t17-/m1/s1. The number of nitrogens with one attached hydrogen (secondary N) is 1. The van der Waals surface area contributed by atoms with E-state index in [0.717, 1.165) is 5.56 Å². The predicted octanol–water partition coefficient (Wildman–Crippen LogP) is 3.92. The summed E-state index contributed by atoms with van der Waals surface area (Å²) in [7, 11) is 1.58. The van der Waals surface area contributed by atoms with Crippen LogP contribution in [0.4, 0.5) is 0 Å². The van der Waals surface area contributed by atoms with Gasteiger partial charge in [0, 0.05) is 18.1 Å². The van der Waals surface area contributed by atoms with Crippen molar-refractivity contribution in [3.8, 4) is 11.5 Å². The second kappa shape index (κ2) is 11.5. The fourth-order valence-corrected chi connectivity index (χ4v) is 2.94. The number of methoxy groups -OCH3 is 1. The molecule has 0 fully saturated rings. The van der Waals surface area contributed by atoms with E-state index in [1.165, 1.54) is 4.90 Å². The molecule has 2 aromatic rings. The minimum absolute atomic E-state index is 0.196. The van der Waals surface area contributed by atoms with Gasteiger partial charge in [0.05, 0.1) is 7.11 Å². The lowest BCUT2D eigenvalue weighted by atomic mass is 10.1. The third-order valence-electron chi connectivity index (χ3n) is 4.57. The Bertz CT molecular complexity index is 839. The number of rotatable bonds is 10. The van der Waals surface area contributed by atoms with Gasteiger partial charge < -0.3 is 19.7 Å². The Morgan fingerprint density at radius 1 is 1.03 bits per heavy atom. The molecule has 1 N–H and O–H groups in total. The van der Waals surface area contributed by atoms with Gasteiger partial charge in [0.1, 0.15) is 17.5 Å². The first-order chi connectivity index (χ1) is 14.3. The summed E-state index contributed by atoms with van der Waals surface area (Å²) in [5, 5.41) is 3.43. The molecule has 0 aromatic heterocycles. The summed E-state index contributed by atoms with van der Waals surface area (Å²) in [4.78, 5) is 27.1. The van der Waals surface area contributed by atoms with E-state index < -0.39 is 6.04 Å². The number of ether oxygens (including phenoxy) is 2. The molecule has 0 aliphatic rings. The number of hydrogen-bond donors (Lipinski definition) is 1. The topological polar surface area (TPSA) is 67.9 Å². The molecule has 0 aliphatic carbocycles. The van der Waals surface area contributed by atoms with Gasteiger partial charge in [-0.1, -0.05) is 43.6 Å². The molecule has 7 heteroatoms. The van der Waals surface area contributed by atoms with E-state index >= 15 is 0 Å². The highest BCUT2D eigenvalue weighted by Gasteiger charge is 2.27. The van der Waals surface area contributed by atoms with Crippen LogP contribution >= 0.6 is 11.6 Å². The average Bonchev–Trinajstić information content (AvgIpc) is 2.75. The number of benzene rings is 2. The first-order valence-corrected chi connectivity index (χ1v) is 10.3. The van der Waals surface area contributed by atoms with Gasteiger partial charge in [0.25, 0.3) is 5.91 Å². The summed E-state index contributed by atoms with van der Waals surface area (Å²) in [5.41, 5.74) is 0.764. The number of amides is 2. The fourth-order valence-electron chi connectivity index (χ4n) is 2.75. The van der Waals surface area contributed by atoms with Gasteiger partial charge in [-0.3, -0.25) is 9.59 Å². The Kier molecular flexibility index (Phi) is 8.99. The molecular formula is C23H29ClN2O4. The maximum absolute atomic E-state index is 13.0. The van der Waals surface area contributed by atoms with Crippen LogP contribution in [-0.4, -0.2) is 43.0 Å². The molecular weight excluding hydrogens is 404 g/mol. The van der Waals surface area contributed by atoms with Crippen molar-refractivity contribution in [2.45, 2.75) is 33.4 Å². The zero-order valence-corrected chi connectivity index (χ0v) is 18.6. The molecule has 6 nitrogen and oxygen atoms in total. The number of carbonyl (C=O) groups excluding carboxylic acids is 2. The number of halogens is 1. The molecule has 0 saturated carbocycles. The third kappa shape index (κ3) is 6.95. The summed E-state index contributed by atoms with van der Waals surface area (Å²) in [6.07, 6.45) is 0. The summed E-state index contributed by atoms with van der Waals surface area (Å²) in [5.74, 6) is 1.03. The minimum atomic E-state index is -0.674. The number of carbonyl (C=O) groups is 2. The van der Waals surface area contributed by atoms with E-state index in [-0.39, 0.29) is 25.0 Å². The van der Waals surface area contributed by atoms with Crippen molar-refractivity contribution >= 4 is 23.4 Å². The molecule has 1 atom stereocenters. The van der Waals surface area contributed by atoms with E-state index in [1.807, 2.05) is 32.0 Å². The highest BCUT2D eigenvalue weighted by Crippen LogP contribution is 2.20. The Morgan fingerprint density at radius 2 is 1.67 bits per heavy atom. The van der Waals surface area contributed by atoms with Crippen molar-refractivity contribution in [3.63, 3.8) is 0 Å². The molecule has 0 spiro atoms. The molecule has 2 rings (SSSR count). The smallest absolute Gasteiger partial charge is 0.261 e. The SMILES string of the molecule is COc1ccc(OCC(=O)N(Cc2ccccc2Cl)[C@H](C)C(=O)NCC(C)C)cc1. The van der Waals surface area contributed by atoms with Crippen molar-refractivity contribution in [2.24, 2.45) is 5.92 Å². The van der Waals surface area contributed by atoms with Crippen molar-refractivity contribution in [2.75, 3.05) is 20.3 Å². The van der Waals surface area contributed by atoms with E-state index in [9.17, 15) is 9.59 Å². The van der Waals surface area contributed by atoms with Crippen LogP contribution in [0.2, 0.25) is 5.02 Å². The Morgan fingerprint density at radius 3 is 2.27 bits per heavy atom. The van der Waals surface area contributed by atoms with Crippen molar-refractivity contribution in [1.29, 1.82) is 0 Å². The van der Waals surface area contributed by atoms with Gasteiger partial charge in [-0.2, -0.15) is 0 Å². The van der Waals surface area contributed by atoms with Crippen LogP contribution in [0.15, 0.2) is 48.5 Å². The molecule has 162 valence electrons. The van der Waals surface area contributed by atoms with E-state index in [4.69, 9.17) is 21.1 Å². The molecule has 0 saturated heterocycles.